The molecule has 0 unspecified atom stereocenters. The smallest absolute Gasteiger partial charge is 0.288 e. The molecule has 2 nitrogen and oxygen atoms in total. The van der Waals surface area contributed by atoms with Crippen LogP contribution in [0.5, 0.6) is 0 Å². The molecule has 0 aliphatic carbocycles. The average Bonchev–Trinajstić information content (AvgIpc) is 2.38. The number of Topliss-reactive ketones (excluding diaryl/α,β-unsaturated/α-hetero) is 1. The lowest BCUT2D eigenvalue weighted by Gasteiger charge is -2.40. The molecule has 0 rings (SSSR count). The number of ketones is 1. The van der Waals surface area contributed by atoms with E-state index in [-0.39, 0.29) is 0 Å². The lowest BCUT2D eigenvalue weighted by Crippen LogP contribution is -2.74. The Bertz CT molecular complexity index is 619. The molecule has 0 fully saturated rings. The lowest BCUT2D eigenvalue weighted by atomic mass is 9.90. The third kappa shape index (κ3) is 4.07. The summed E-state index contributed by atoms with van der Waals surface area (Å²) >= 11 is 0. The maximum Gasteiger partial charge on any atom is 0.472 e. The minimum atomic E-state index is -8.63. The molecule has 0 bridgehead atoms. The van der Waals surface area contributed by atoms with Gasteiger partial charge in [0.1, 0.15) is 0 Å². The van der Waals surface area contributed by atoms with Crippen molar-refractivity contribution in [1.29, 1.82) is 0 Å². The van der Waals surface area contributed by atoms with Gasteiger partial charge in [0.15, 0.2) is 0 Å². The van der Waals surface area contributed by atoms with Crippen LogP contribution >= 0.6 is 0 Å². The van der Waals surface area contributed by atoms with Crippen LogP contribution in [0.3, 0.4) is 0 Å². The van der Waals surface area contributed by atoms with Crippen LogP contribution in [0.25, 0.3) is 0 Å². The Morgan fingerprint density at radius 2 is 0.767 bits per heavy atom. The average molecular weight is 499 g/mol. The zero-order chi connectivity index (χ0) is 25.2. The van der Waals surface area contributed by atoms with E-state index in [9.17, 15) is 88.2 Å². The summed E-state index contributed by atoms with van der Waals surface area (Å²) < 4.78 is 238. The molecule has 0 aromatic rings. The molecule has 0 aliphatic heterocycles. The van der Waals surface area contributed by atoms with E-state index in [1.54, 1.807) is 0 Å². The molecule has 0 saturated carbocycles. The molecule has 0 aliphatic rings. The van der Waals surface area contributed by atoms with E-state index in [1.807, 2.05) is 0 Å². The van der Waals surface area contributed by atoms with E-state index in [0.29, 0.717) is 0 Å². The van der Waals surface area contributed by atoms with Crippen LogP contribution in [0.4, 0.5) is 83.4 Å². The fourth-order valence-electron chi connectivity index (χ4n) is 1.57. The Kier molecular flexibility index (Phi) is 6.51. The Morgan fingerprint density at radius 1 is 0.500 bits per heavy atom. The van der Waals surface area contributed by atoms with Crippen LogP contribution in [0.2, 0.25) is 0 Å². The Morgan fingerprint density at radius 3 is 0.967 bits per heavy atom. The maximum absolute atomic E-state index is 13.2. The summed E-state index contributed by atoms with van der Waals surface area (Å²) in [7, 11) is 0. The first-order chi connectivity index (χ1) is 12.5. The zero-order valence-electron chi connectivity index (χ0n) is 12.5. The van der Waals surface area contributed by atoms with Gasteiger partial charge < -0.3 is 0 Å². The predicted molar refractivity (Wildman–Crippen MR) is 49.7 cm³/mol. The highest BCUT2D eigenvalue weighted by atomic mass is 19.4. The quantitative estimate of drug-likeness (QED) is 0.363. The minimum Gasteiger partial charge on any atom is -0.288 e. The minimum absolute atomic E-state index is 4.63. The van der Waals surface area contributed by atoms with Gasteiger partial charge >= 0.3 is 48.5 Å². The molecule has 30 heavy (non-hydrogen) atoms. The molecule has 0 amide bonds. The Hall–Kier alpha value is -1.70. The number of rotatable bonds is 5. The molecule has 180 valence electrons. The number of alkyl halides is 19. The molecular weight excluding hydrogens is 499 g/mol. The van der Waals surface area contributed by atoms with Gasteiger partial charge in [-0.25, -0.2) is 4.39 Å². The van der Waals surface area contributed by atoms with Crippen molar-refractivity contribution in [2.24, 2.45) is 0 Å². The van der Waals surface area contributed by atoms with Gasteiger partial charge in [-0.2, -0.15) is 79.0 Å². The van der Waals surface area contributed by atoms with Crippen molar-refractivity contribution in [3.8, 4) is 0 Å². The Balaban J connectivity index is 6.92. The number of halogens is 19. The summed E-state index contributed by atoms with van der Waals surface area (Å²) in [5.41, 5.74) is -8.09. The van der Waals surface area contributed by atoms with Gasteiger partial charge in [-0.1, -0.05) is 4.90 Å². The molecule has 0 heterocycles. The molecule has 0 spiro atoms. The molecule has 0 atom stereocenters. The van der Waals surface area contributed by atoms with Crippen molar-refractivity contribution in [2.45, 2.75) is 48.5 Å². The van der Waals surface area contributed by atoms with E-state index in [0.717, 1.165) is 0 Å². The van der Waals surface area contributed by atoms with Crippen LogP contribution < -0.4 is 0 Å². The first-order valence-electron chi connectivity index (χ1n) is 5.97. The van der Waals surface area contributed by atoms with E-state index in [4.69, 9.17) is 0 Å². The number of carbonyl (C=O) groups is 1. The Labute approximate surface area is 149 Å². The van der Waals surface area contributed by atoms with Crippen molar-refractivity contribution < 1.29 is 88.2 Å². The van der Waals surface area contributed by atoms with Crippen molar-refractivity contribution in [3.05, 3.63) is 0 Å². The highest BCUT2D eigenvalue weighted by Crippen LogP contribution is 2.57. The lowest BCUT2D eigenvalue weighted by molar-refractivity contribution is -0.481. The van der Waals surface area contributed by atoms with E-state index < -0.39 is 59.2 Å². The molecule has 0 saturated heterocycles. The van der Waals surface area contributed by atoms with Gasteiger partial charge in [0.05, 0.1) is 0 Å². The second-order valence-electron chi connectivity index (χ2n) is 4.94. The fraction of sp³-hybridized carbons (Fsp3) is 0.889. The van der Waals surface area contributed by atoms with Gasteiger partial charge in [-0.15, -0.1) is 0 Å². The summed E-state index contributed by atoms with van der Waals surface area (Å²) in [4.78, 5) is 6.01. The van der Waals surface area contributed by atoms with Gasteiger partial charge in [0, 0.05) is 0 Å². The SMILES string of the molecule is O=C(C(F)(F)C(F)(F)C(F)(F)N(C(F)(F)F)C(F)(F)F)C(F)(C(F)(F)F)C(F)(F)F. The van der Waals surface area contributed by atoms with Crippen molar-refractivity contribution in [3.63, 3.8) is 0 Å². The summed E-state index contributed by atoms with van der Waals surface area (Å²) in [5, 5.41) is 0. The number of hydrogen-bond acceptors (Lipinski definition) is 2. The molecular formula is C9F19NO. The first-order valence-corrected chi connectivity index (χ1v) is 5.97. The largest absolute Gasteiger partial charge is 0.472 e. The molecule has 21 heteroatoms. The van der Waals surface area contributed by atoms with E-state index in [2.05, 4.69) is 0 Å². The topological polar surface area (TPSA) is 20.3 Å². The molecule has 0 N–H and O–H groups in total. The zero-order valence-corrected chi connectivity index (χ0v) is 12.5. The molecule has 0 aromatic heterocycles. The van der Waals surface area contributed by atoms with Crippen molar-refractivity contribution >= 4 is 5.78 Å². The highest BCUT2D eigenvalue weighted by Gasteiger charge is 2.89. The summed E-state index contributed by atoms with van der Waals surface area (Å²) in [5.74, 6) is -22.9. The summed E-state index contributed by atoms with van der Waals surface area (Å²) in [6.45, 7) is 0. The number of carbonyl (C=O) groups excluding carboxylic acids is 1. The van der Waals surface area contributed by atoms with Crippen LogP contribution in [0.15, 0.2) is 0 Å². The summed E-state index contributed by atoms with van der Waals surface area (Å²) in [6.07, 6.45) is -31.4. The van der Waals surface area contributed by atoms with Crippen molar-refractivity contribution in [1.82, 2.24) is 4.90 Å². The van der Waals surface area contributed by atoms with E-state index >= 15 is 0 Å². The summed E-state index contributed by atoms with van der Waals surface area (Å²) in [6, 6.07) is -8.46. The van der Waals surface area contributed by atoms with Gasteiger partial charge in [-0.3, -0.25) is 4.79 Å². The standard InChI is InChI=1S/C9F19NO/c10-2(5(15,16)17,6(18,19)20)1(30)3(11,12)4(13,14)7(21,22)29(8(23,24)25)9(26,27)28. The normalized spacial score (nSPS) is 16.3. The maximum atomic E-state index is 13.2. The van der Waals surface area contributed by atoms with Crippen LogP contribution in [0.1, 0.15) is 0 Å². The molecule has 0 radical (unpaired) electrons. The van der Waals surface area contributed by atoms with Gasteiger partial charge in [0.2, 0.25) is 0 Å². The van der Waals surface area contributed by atoms with Crippen LogP contribution in [0, 0.1) is 0 Å². The highest BCUT2D eigenvalue weighted by molar-refractivity contribution is 5.96. The van der Waals surface area contributed by atoms with Gasteiger partial charge in [0.25, 0.3) is 5.78 Å². The van der Waals surface area contributed by atoms with Gasteiger partial charge in [-0.05, 0) is 0 Å². The van der Waals surface area contributed by atoms with E-state index in [1.165, 1.54) is 0 Å². The van der Waals surface area contributed by atoms with Crippen molar-refractivity contribution in [2.75, 3.05) is 0 Å². The molecule has 0 aromatic carbocycles. The number of hydrogen-bond donors (Lipinski definition) is 0. The number of nitrogens with zero attached hydrogens (tertiary/aromatic N) is 1. The van der Waals surface area contributed by atoms with Crippen LogP contribution in [-0.4, -0.2) is 59.2 Å². The predicted octanol–water partition coefficient (Wildman–Crippen LogP) is 5.59. The second-order valence-corrected chi connectivity index (χ2v) is 4.94. The third-order valence-corrected chi connectivity index (χ3v) is 2.94. The third-order valence-electron chi connectivity index (χ3n) is 2.94. The monoisotopic (exact) mass is 499 g/mol. The first kappa shape index (κ1) is 28.3. The second kappa shape index (κ2) is 6.90. The fourth-order valence-corrected chi connectivity index (χ4v) is 1.57. The van der Waals surface area contributed by atoms with Crippen LogP contribution in [-0.2, 0) is 4.79 Å².